The first-order valence-electron chi connectivity index (χ1n) is 6.24. The van der Waals surface area contributed by atoms with Crippen molar-refractivity contribution in [3.63, 3.8) is 0 Å². The molecule has 2 aromatic heterocycles. The van der Waals surface area contributed by atoms with E-state index in [2.05, 4.69) is 35.6 Å². The van der Waals surface area contributed by atoms with Crippen molar-refractivity contribution < 1.29 is 4.42 Å². The topological polar surface area (TPSA) is 43.0 Å². The summed E-state index contributed by atoms with van der Waals surface area (Å²) in [6, 6.07) is 2.03. The molecule has 0 spiro atoms. The average molecular weight is 247 g/mol. The Morgan fingerprint density at radius 2 is 2.17 bits per heavy atom. The molecule has 98 valence electrons. The van der Waals surface area contributed by atoms with Crippen LogP contribution in [0.1, 0.15) is 37.9 Å². The molecule has 0 atom stereocenters. The van der Waals surface area contributed by atoms with Crippen molar-refractivity contribution in [2.24, 2.45) is 0 Å². The molecule has 0 aliphatic heterocycles. The van der Waals surface area contributed by atoms with E-state index in [1.165, 1.54) is 5.56 Å². The highest BCUT2D eigenvalue weighted by atomic mass is 16.3. The van der Waals surface area contributed by atoms with Gasteiger partial charge in [-0.15, -0.1) is 0 Å². The van der Waals surface area contributed by atoms with Crippen molar-refractivity contribution in [3.8, 4) is 0 Å². The molecular formula is C14H21N3O. The number of furan rings is 1. The number of hydrogen-bond acceptors (Lipinski definition) is 3. The summed E-state index contributed by atoms with van der Waals surface area (Å²) < 4.78 is 7.65. The van der Waals surface area contributed by atoms with E-state index in [0.717, 1.165) is 24.7 Å². The Morgan fingerprint density at radius 1 is 1.39 bits per heavy atom. The van der Waals surface area contributed by atoms with E-state index in [-0.39, 0.29) is 5.54 Å². The Kier molecular flexibility index (Phi) is 3.57. The summed E-state index contributed by atoms with van der Waals surface area (Å²) >= 11 is 0. The molecule has 18 heavy (non-hydrogen) atoms. The maximum atomic E-state index is 5.57. The summed E-state index contributed by atoms with van der Waals surface area (Å²) in [5.74, 6) is 1.99. The van der Waals surface area contributed by atoms with Crippen LogP contribution in [-0.2, 0) is 13.1 Å². The highest BCUT2D eigenvalue weighted by molar-refractivity contribution is 5.18. The van der Waals surface area contributed by atoms with E-state index in [4.69, 9.17) is 4.42 Å². The number of nitrogens with one attached hydrogen (secondary N) is 1. The third-order valence-corrected chi connectivity index (χ3v) is 2.88. The van der Waals surface area contributed by atoms with Gasteiger partial charge in [0.05, 0.1) is 12.8 Å². The van der Waals surface area contributed by atoms with Gasteiger partial charge in [-0.25, -0.2) is 4.98 Å². The lowest BCUT2D eigenvalue weighted by atomic mass is 10.1. The minimum absolute atomic E-state index is 0.111. The van der Waals surface area contributed by atoms with Gasteiger partial charge in [0.2, 0.25) is 0 Å². The molecule has 0 aromatic carbocycles. The van der Waals surface area contributed by atoms with Gasteiger partial charge in [0.25, 0.3) is 0 Å². The molecular weight excluding hydrogens is 226 g/mol. The van der Waals surface area contributed by atoms with Crippen LogP contribution in [0.3, 0.4) is 0 Å². The van der Waals surface area contributed by atoms with E-state index < -0.39 is 0 Å². The zero-order valence-corrected chi connectivity index (χ0v) is 11.5. The molecule has 0 fully saturated rings. The first-order valence-corrected chi connectivity index (χ1v) is 6.24. The first kappa shape index (κ1) is 12.9. The minimum Gasteiger partial charge on any atom is -0.467 e. The van der Waals surface area contributed by atoms with Crippen molar-refractivity contribution in [1.82, 2.24) is 14.9 Å². The molecule has 2 heterocycles. The predicted molar refractivity (Wildman–Crippen MR) is 71.4 cm³/mol. The number of aryl methyl sites for hydroxylation is 1. The Morgan fingerprint density at radius 3 is 2.78 bits per heavy atom. The quantitative estimate of drug-likeness (QED) is 0.903. The Hall–Kier alpha value is -1.55. The molecule has 0 aliphatic carbocycles. The largest absolute Gasteiger partial charge is 0.467 e. The van der Waals surface area contributed by atoms with Crippen LogP contribution >= 0.6 is 0 Å². The molecule has 0 unspecified atom stereocenters. The van der Waals surface area contributed by atoms with Crippen molar-refractivity contribution in [3.05, 3.63) is 41.9 Å². The molecule has 0 bridgehead atoms. The van der Waals surface area contributed by atoms with E-state index in [0.29, 0.717) is 0 Å². The summed E-state index contributed by atoms with van der Waals surface area (Å²) in [4.78, 5) is 4.22. The molecule has 0 amide bonds. The van der Waals surface area contributed by atoms with Crippen molar-refractivity contribution in [1.29, 1.82) is 0 Å². The van der Waals surface area contributed by atoms with Crippen LogP contribution in [0.2, 0.25) is 0 Å². The molecule has 1 N–H and O–H groups in total. The van der Waals surface area contributed by atoms with Crippen LogP contribution in [0.5, 0.6) is 0 Å². The average Bonchev–Trinajstić information content (AvgIpc) is 2.86. The summed E-state index contributed by atoms with van der Waals surface area (Å²) in [5, 5.41) is 3.47. The molecule has 0 saturated heterocycles. The van der Waals surface area contributed by atoms with Crippen LogP contribution in [0.25, 0.3) is 0 Å². The van der Waals surface area contributed by atoms with Gasteiger partial charge in [0.15, 0.2) is 0 Å². The van der Waals surface area contributed by atoms with Crippen molar-refractivity contribution >= 4 is 0 Å². The molecule has 2 aromatic rings. The maximum Gasteiger partial charge on any atom is 0.127 e. The predicted octanol–water partition coefficient (Wildman–Crippen LogP) is 2.72. The van der Waals surface area contributed by atoms with Crippen LogP contribution in [0, 0.1) is 6.92 Å². The Bertz CT molecular complexity index is 505. The third-order valence-electron chi connectivity index (χ3n) is 2.88. The Balaban J connectivity index is 2.06. The molecule has 4 nitrogen and oxygen atoms in total. The normalized spacial score (nSPS) is 12.0. The monoisotopic (exact) mass is 247 g/mol. The van der Waals surface area contributed by atoms with E-state index >= 15 is 0 Å². The van der Waals surface area contributed by atoms with Crippen LogP contribution in [0.4, 0.5) is 0 Å². The van der Waals surface area contributed by atoms with E-state index in [9.17, 15) is 0 Å². The molecule has 2 rings (SSSR count). The lowest BCUT2D eigenvalue weighted by Gasteiger charge is -2.20. The number of rotatable bonds is 4. The lowest BCUT2D eigenvalue weighted by molar-refractivity contribution is 0.417. The molecule has 4 heteroatoms. The zero-order chi connectivity index (χ0) is 13.2. The van der Waals surface area contributed by atoms with Gasteiger partial charge >= 0.3 is 0 Å². The van der Waals surface area contributed by atoms with Gasteiger partial charge in [-0.1, -0.05) is 0 Å². The van der Waals surface area contributed by atoms with Gasteiger partial charge in [-0.05, 0) is 33.8 Å². The fourth-order valence-corrected chi connectivity index (χ4v) is 1.75. The van der Waals surface area contributed by atoms with Crippen molar-refractivity contribution in [2.75, 3.05) is 0 Å². The highest BCUT2D eigenvalue weighted by Crippen LogP contribution is 2.14. The van der Waals surface area contributed by atoms with Gasteiger partial charge in [0, 0.05) is 30.0 Å². The Labute approximate surface area is 108 Å². The standard InChI is InChI=1S/C14H21N3O/c1-11-15-6-7-17(11)10-13-12(5-8-18-13)9-16-14(2,3)4/h5-8,16H,9-10H2,1-4H3. The van der Waals surface area contributed by atoms with E-state index in [1.807, 2.05) is 25.4 Å². The van der Waals surface area contributed by atoms with E-state index in [1.54, 1.807) is 6.26 Å². The highest BCUT2D eigenvalue weighted by Gasteiger charge is 2.12. The lowest BCUT2D eigenvalue weighted by Crippen LogP contribution is -2.35. The molecule has 0 aliphatic rings. The van der Waals surface area contributed by atoms with Gasteiger partial charge < -0.3 is 14.3 Å². The summed E-state index contributed by atoms with van der Waals surface area (Å²) in [6.07, 6.45) is 5.53. The second-order valence-corrected chi connectivity index (χ2v) is 5.57. The zero-order valence-electron chi connectivity index (χ0n) is 11.5. The summed E-state index contributed by atoms with van der Waals surface area (Å²) in [6.45, 7) is 10.0. The van der Waals surface area contributed by atoms with Crippen LogP contribution in [-0.4, -0.2) is 15.1 Å². The van der Waals surface area contributed by atoms with Gasteiger partial charge in [-0.2, -0.15) is 0 Å². The molecule has 0 saturated carbocycles. The number of imidazole rings is 1. The second kappa shape index (κ2) is 4.98. The fourth-order valence-electron chi connectivity index (χ4n) is 1.75. The molecule has 0 radical (unpaired) electrons. The fraction of sp³-hybridized carbons (Fsp3) is 0.500. The van der Waals surface area contributed by atoms with Crippen molar-refractivity contribution in [2.45, 2.75) is 46.3 Å². The van der Waals surface area contributed by atoms with Crippen LogP contribution in [0.15, 0.2) is 29.1 Å². The minimum atomic E-state index is 0.111. The third kappa shape index (κ3) is 3.23. The van der Waals surface area contributed by atoms with Gasteiger partial charge in [-0.3, -0.25) is 0 Å². The number of nitrogens with zero attached hydrogens (tertiary/aromatic N) is 2. The first-order chi connectivity index (χ1) is 8.46. The smallest absolute Gasteiger partial charge is 0.127 e. The van der Waals surface area contributed by atoms with Crippen LogP contribution < -0.4 is 5.32 Å². The second-order valence-electron chi connectivity index (χ2n) is 5.57. The number of aromatic nitrogens is 2. The maximum absolute atomic E-state index is 5.57. The number of hydrogen-bond donors (Lipinski definition) is 1. The van der Waals surface area contributed by atoms with Gasteiger partial charge in [0.1, 0.15) is 11.6 Å². The summed E-state index contributed by atoms with van der Waals surface area (Å²) in [5.41, 5.74) is 1.32. The summed E-state index contributed by atoms with van der Waals surface area (Å²) in [7, 11) is 0. The SMILES string of the molecule is Cc1nccn1Cc1occc1CNC(C)(C)C.